The fourth-order valence-electron chi connectivity index (χ4n) is 4.93. The van der Waals surface area contributed by atoms with Gasteiger partial charge in [0.2, 0.25) is 5.91 Å². The van der Waals surface area contributed by atoms with Crippen LogP contribution in [0.15, 0.2) is 54.6 Å². The molecule has 3 amide bonds. The summed E-state index contributed by atoms with van der Waals surface area (Å²) in [6, 6.07) is 16.4. The summed E-state index contributed by atoms with van der Waals surface area (Å²) in [5.41, 5.74) is 11.6. The third kappa shape index (κ3) is 4.22. The van der Waals surface area contributed by atoms with Crippen LogP contribution in [-0.4, -0.2) is 22.9 Å². The second-order valence-electron chi connectivity index (χ2n) is 9.11. The van der Waals surface area contributed by atoms with Crippen molar-refractivity contribution in [3.8, 4) is 0 Å². The Balaban J connectivity index is 1.28. The molecule has 1 fully saturated rings. The summed E-state index contributed by atoms with van der Waals surface area (Å²) in [6.45, 7) is 0.553. The van der Waals surface area contributed by atoms with Crippen LogP contribution in [0.2, 0.25) is 0 Å². The molecule has 0 spiro atoms. The van der Waals surface area contributed by atoms with Gasteiger partial charge in [0.15, 0.2) is 0 Å². The van der Waals surface area contributed by atoms with Crippen molar-refractivity contribution in [2.24, 2.45) is 11.7 Å². The summed E-state index contributed by atoms with van der Waals surface area (Å²) in [6.07, 6.45) is 8.22. The third-order valence-electron chi connectivity index (χ3n) is 6.83. The van der Waals surface area contributed by atoms with Gasteiger partial charge >= 0.3 is 6.03 Å². The lowest BCUT2D eigenvalue weighted by Gasteiger charge is -2.25. The van der Waals surface area contributed by atoms with Gasteiger partial charge in [-0.15, -0.1) is 0 Å². The Kier molecular flexibility index (Phi) is 5.26. The first-order chi connectivity index (χ1) is 15.1. The lowest BCUT2D eigenvalue weighted by molar-refractivity contribution is -0.122. The smallest absolute Gasteiger partial charge is 0.315 e. The average Bonchev–Trinajstić information content (AvgIpc) is 3.50. The molecule has 1 saturated carbocycles. The van der Waals surface area contributed by atoms with E-state index in [0.717, 1.165) is 36.0 Å². The number of fused-ring (bicyclic) bond motifs is 1. The molecule has 31 heavy (non-hydrogen) atoms. The number of nitrogens with one attached hydrogen (secondary N) is 1. The molecule has 2 atom stereocenters. The molecule has 0 saturated heterocycles. The Hall–Kier alpha value is -3.08. The average molecular weight is 416 g/mol. The molecule has 5 rings (SSSR count). The van der Waals surface area contributed by atoms with E-state index < -0.39 is 6.03 Å². The number of primary amides is 1. The van der Waals surface area contributed by atoms with Gasteiger partial charge in [0, 0.05) is 19.0 Å². The number of carbonyl (C=O) groups is 2. The molecule has 3 N–H and O–H groups in total. The van der Waals surface area contributed by atoms with Crippen LogP contribution in [0.5, 0.6) is 0 Å². The highest BCUT2D eigenvalue weighted by molar-refractivity contribution is 5.77. The molecular formula is C26H29N3O2. The first-order valence-corrected chi connectivity index (χ1v) is 11.3. The Morgan fingerprint density at radius 1 is 1.03 bits per heavy atom. The van der Waals surface area contributed by atoms with Crippen molar-refractivity contribution in [1.82, 2.24) is 10.2 Å². The molecular weight excluding hydrogens is 386 g/mol. The number of amides is 3. The topological polar surface area (TPSA) is 75.4 Å². The highest BCUT2D eigenvalue weighted by atomic mass is 16.2. The number of hydrogen-bond donors (Lipinski definition) is 2. The van der Waals surface area contributed by atoms with Crippen LogP contribution >= 0.6 is 0 Å². The van der Waals surface area contributed by atoms with E-state index in [-0.39, 0.29) is 18.0 Å². The zero-order chi connectivity index (χ0) is 21.4. The largest absolute Gasteiger partial charge is 0.353 e. The first-order valence-electron chi connectivity index (χ1n) is 11.3. The number of nitrogens with two attached hydrogens (primary N) is 1. The van der Waals surface area contributed by atoms with E-state index in [9.17, 15) is 9.59 Å². The number of hydrogen-bond acceptors (Lipinski definition) is 2. The molecule has 0 radical (unpaired) electrons. The Labute approximate surface area is 183 Å². The van der Waals surface area contributed by atoms with Gasteiger partial charge in [-0.1, -0.05) is 54.6 Å². The van der Waals surface area contributed by atoms with E-state index in [0.29, 0.717) is 18.9 Å². The van der Waals surface area contributed by atoms with Crippen molar-refractivity contribution in [2.45, 2.75) is 57.2 Å². The van der Waals surface area contributed by atoms with Crippen LogP contribution in [0.4, 0.5) is 4.79 Å². The number of urea groups is 1. The maximum absolute atomic E-state index is 12.1. The van der Waals surface area contributed by atoms with Crippen molar-refractivity contribution in [3.05, 3.63) is 76.9 Å². The molecule has 1 heterocycles. The second kappa shape index (κ2) is 8.22. The molecule has 2 aromatic rings. The van der Waals surface area contributed by atoms with Crippen LogP contribution < -0.4 is 11.1 Å². The maximum Gasteiger partial charge on any atom is 0.315 e. The van der Waals surface area contributed by atoms with E-state index in [1.165, 1.54) is 24.0 Å². The standard InChI is InChI=1S/C26H29N3O2/c27-26(31)29-16-21-3-1-2-4-23(21)25(29)20-9-7-18(8-10-20)19-11-13-22(14-12-19)28-24(30)15-17-5-6-17/h1-4,7-11,17,22,25H,5-6,12-16H2,(H2,27,31)(H,28,30). The maximum atomic E-state index is 12.1. The minimum absolute atomic E-state index is 0.130. The fourth-order valence-corrected chi connectivity index (χ4v) is 4.93. The molecule has 2 aliphatic carbocycles. The van der Waals surface area contributed by atoms with Crippen LogP contribution in [0.25, 0.3) is 5.57 Å². The Bertz CT molecular complexity index is 1020. The molecule has 0 bridgehead atoms. The third-order valence-corrected chi connectivity index (χ3v) is 6.83. The first kappa shape index (κ1) is 19.9. The van der Waals surface area contributed by atoms with Gasteiger partial charge in [0.25, 0.3) is 0 Å². The van der Waals surface area contributed by atoms with Gasteiger partial charge in [-0.3, -0.25) is 4.79 Å². The quantitative estimate of drug-likeness (QED) is 0.753. The molecule has 2 aromatic carbocycles. The van der Waals surface area contributed by atoms with E-state index in [2.05, 4.69) is 47.8 Å². The fraction of sp³-hybridized carbons (Fsp3) is 0.385. The SMILES string of the molecule is NC(=O)N1Cc2ccccc2C1c1ccc(C2=CCC(NC(=O)CC3CC3)CC2)cc1. The van der Waals surface area contributed by atoms with Gasteiger partial charge in [0.05, 0.1) is 6.04 Å². The summed E-state index contributed by atoms with van der Waals surface area (Å²) in [7, 11) is 0. The number of rotatable bonds is 5. The molecule has 5 nitrogen and oxygen atoms in total. The minimum Gasteiger partial charge on any atom is -0.353 e. The highest BCUT2D eigenvalue weighted by Crippen LogP contribution is 2.39. The van der Waals surface area contributed by atoms with Gasteiger partial charge in [-0.05, 0) is 65.8 Å². The monoisotopic (exact) mass is 415 g/mol. The van der Waals surface area contributed by atoms with Crippen molar-refractivity contribution in [2.75, 3.05) is 0 Å². The number of nitrogens with zero attached hydrogens (tertiary/aromatic N) is 1. The molecule has 3 aliphatic rings. The van der Waals surface area contributed by atoms with Gasteiger partial charge in [-0.2, -0.15) is 0 Å². The molecule has 2 unspecified atom stereocenters. The van der Waals surface area contributed by atoms with Crippen LogP contribution in [0, 0.1) is 5.92 Å². The molecule has 5 heteroatoms. The van der Waals surface area contributed by atoms with Crippen molar-refractivity contribution >= 4 is 17.5 Å². The summed E-state index contributed by atoms with van der Waals surface area (Å²) >= 11 is 0. The van der Waals surface area contributed by atoms with Crippen LogP contribution in [-0.2, 0) is 11.3 Å². The van der Waals surface area contributed by atoms with E-state index in [1.54, 1.807) is 4.90 Å². The van der Waals surface area contributed by atoms with Crippen LogP contribution in [0.3, 0.4) is 0 Å². The van der Waals surface area contributed by atoms with Crippen molar-refractivity contribution in [1.29, 1.82) is 0 Å². The van der Waals surface area contributed by atoms with Gasteiger partial charge < -0.3 is 16.0 Å². The lowest BCUT2D eigenvalue weighted by atomic mass is 9.89. The second-order valence-corrected chi connectivity index (χ2v) is 9.11. The van der Waals surface area contributed by atoms with E-state index >= 15 is 0 Å². The zero-order valence-corrected chi connectivity index (χ0v) is 17.7. The molecule has 160 valence electrons. The normalized spacial score (nSPS) is 22.6. The van der Waals surface area contributed by atoms with Crippen LogP contribution in [0.1, 0.15) is 66.8 Å². The predicted molar refractivity (Wildman–Crippen MR) is 121 cm³/mol. The lowest BCUT2D eigenvalue weighted by Crippen LogP contribution is -2.35. The molecule has 1 aliphatic heterocycles. The number of benzene rings is 2. The van der Waals surface area contributed by atoms with Crippen molar-refractivity contribution < 1.29 is 9.59 Å². The van der Waals surface area contributed by atoms with Gasteiger partial charge in [-0.25, -0.2) is 4.79 Å². The number of allylic oxidation sites excluding steroid dienone is 1. The number of carbonyl (C=O) groups excluding carboxylic acids is 2. The van der Waals surface area contributed by atoms with E-state index in [1.807, 2.05) is 12.1 Å². The van der Waals surface area contributed by atoms with Crippen molar-refractivity contribution in [3.63, 3.8) is 0 Å². The zero-order valence-electron chi connectivity index (χ0n) is 17.7. The van der Waals surface area contributed by atoms with E-state index in [4.69, 9.17) is 5.73 Å². The summed E-state index contributed by atoms with van der Waals surface area (Å²) < 4.78 is 0. The summed E-state index contributed by atoms with van der Waals surface area (Å²) in [5.74, 6) is 0.843. The molecule has 0 aromatic heterocycles. The highest BCUT2D eigenvalue weighted by Gasteiger charge is 2.33. The Morgan fingerprint density at radius 2 is 1.81 bits per heavy atom. The minimum atomic E-state index is -0.393. The van der Waals surface area contributed by atoms with Gasteiger partial charge in [0.1, 0.15) is 0 Å². The summed E-state index contributed by atoms with van der Waals surface area (Å²) in [5, 5.41) is 3.20. The summed E-state index contributed by atoms with van der Waals surface area (Å²) in [4.78, 5) is 25.8. The predicted octanol–water partition coefficient (Wildman–Crippen LogP) is 4.52. The Morgan fingerprint density at radius 3 is 2.48 bits per heavy atom.